The van der Waals surface area contributed by atoms with Crippen molar-refractivity contribution in [3.8, 4) is 0 Å². The van der Waals surface area contributed by atoms with E-state index >= 15 is 0 Å². The molecule has 0 aliphatic heterocycles. The first-order valence-corrected chi connectivity index (χ1v) is 25.3. The van der Waals surface area contributed by atoms with E-state index in [0.717, 1.165) is 11.4 Å². The van der Waals surface area contributed by atoms with E-state index in [9.17, 15) is 0 Å². The third kappa shape index (κ3) is 7.32. The molecule has 2 nitrogen and oxygen atoms in total. The van der Waals surface area contributed by atoms with Crippen LogP contribution in [0.25, 0.3) is 61.9 Å². The van der Waals surface area contributed by atoms with Gasteiger partial charge in [-0.25, -0.2) is 0 Å². The number of hydrogen-bond donors (Lipinski definition) is 0. The lowest BCUT2D eigenvalue weighted by Gasteiger charge is -2.26. The number of rotatable bonds is 10. The molecule has 0 saturated carbocycles. The highest BCUT2D eigenvalue weighted by molar-refractivity contribution is 7.34. The smallest absolute Gasteiger partial charge is 0.0534 e. The normalized spacial score (nSPS) is 12.2. The molecule has 0 spiro atoms. The van der Waals surface area contributed by atoms with Crippen LogP contribution < -0.4 is 9.80 Å². The van der Waals surface area contributed by atoms with Crippen molar-refractivity contribution in [3.63, 3.8) is 0 Å². The highest BCUT2D eigenvalue weighted by atomic mass is 32.1. The standard InChI is InChI=1S/C62H56N2S2/c1-37(2)41-9-19-47(20-10-41)63(48-21-11-42(12-22-48)38(3)4)51-27-31-53-45(35-51)17-29-55-57-33-34-58-56-30-18-46-36-52(28-32-54(46)60(56)66-62(58)61(57)65-59(53)55)64(49-23-13-43(14-24-49)39(5)6)50-25-15-44(16-26-50)40(7)8/h9-40H,1-8H3. The molecule has 0 bridgehead atoms. The lowest BCUT2D eigenvalue weighted by atomic mass is 10.0. The molecule has 0 N–H and O–H groups in total. The first-order chi connectivity index (χ1) is 32.0. The molecule has 11 rings (SSSR count). The lowest BCUT2D eigenvalue weighted by Crippen LogP contribution is -2.10. The van der Waals surface area contributed by atoms with Crippen molar-refractivity contribution in [1.82, 2.24) is 0 Å². The largest absolute Gasteiger partial charge is 0.310 e. The van der Waals surface area contributed by atoms with Crippen molar-refractivity contribution in [2.24, 2.45) is 0 Å². The third-order valence-electron chi connectivity index (χ3n) is 13.8. The summed E-state index contributed by atoms with van der Waals surface area (Å²) in [5.74, 6) is 1.94. The first kappa shape index (κ1) is 42.2. The van der Waals surface area contributed by atoms with Crippen LogP contribution >= 0.6 is 22.7 Å². The molecule has 0 saturated heterocycles. The molecule has 11 aromatic rings. The van der Waals surface area contributed by atoms with Crippen molar-refractivity contribution < 1.29 is 0 Å². The molecule has 0 aliphatic rings. The number of nitrogens with zero attached hydrogens (tertiary/aromatic N) is 2. The fraction of sp³-hybridized carbons (Fsp3) is 0.194. The predicted molar refractivity (Wildman–Crippen MR) is 293 cm³/mol. The Kier molecular flexibility index (Phi) is 10.7. The van der Waals surface area contributed by atoms with Crippen LogP contribution in [0.1, 0.15) is 101 Å². The van der Waals surface area contributed by atoms with E-state index in [-0.39, 0.29) is 0 Å². The third-order valence-corrected chi connectivity index (χ3v) is 16.5. The summed E-state index contributed by atoms with van der Waals surface area (Å²) in [6.45, 7) is 18.1. The molecule has 0 aliphatic carbocycles. The van der Waals surface area contributed by atoms with E-state index < -0.39 is 0 Å². The molecule has 9 aromatic carbocycles. The summed E-state index contributed by atoms with van der Waals surface area (Å²) in [4.78, 5) is 4.81. The van der Waals surface area contributed by atoms with Gasteiger partial charge in [0, 0.05) is 65.1 Å². The molecular weight excluding hydrogens is 837 g/mol. The summed E-state index contributed by atoms with van der Waals surface area (Å²) in [6, 6.07) is 64.6. The van der Waals surface area contributed by atoms with Crippen LogP contribution in [0.15, 0.2) is 170 Å². The fourth-order valence-corrected chi connectivity index (χ4v) is 12.6. The quantitative estimate of drug-likeness (QED) is 0.135. The molecule has 0 fully saturated rings. The van der Waals surface area contributed by atoms with Gasteiger partial charge in [-0.05, 0) is 140 Å². The maximum Gasteiger partial charge on any atom is 0.0534 e. The molecule has 0 amide bonds. The SMILES string of the molecule is CC(C)c1ccc(N(c2ccc(C(C)C)cc2)c2ccc3c(ccc4c5ccc6c7ccc8cc(N(c9ccc(C(C)C)cc9)c9ccc(C(C)C)cc9)ccc8c7sc6c5sc34)c2)cc1. The minimum absolute atomic E-state index is 0.484. The fourth-order valence-electron chi connectivity index (χ4n) is 9.82. The van der Waals surface area contributed by atoms with E-state index in [1.807, 2.05) is 22.7 Å². The maximum atomic E-state index is 2.41. The van der Waals surface area contributed by atoms with Crippen molar-refractivity contribution in [2.75, 3.05) is 9.80 Å². The van der Waals surface area contributed by atoms with Gasteiger partial charge in [0.15, 0.2) is 0 Å². The van der Waals surface area contributed by atoms with Gasteiger partial charge >= 0.3 is 0 Å². The molecule has 0 atom stereocenters. The minimum atomic E-state index is 0.484. The Labute approximate surface area is 397 Å². The monoisotopic (exact) mass is 892 g/mol. The Balaban J connectivity index is 1.00. The van der Waals surface area contributed by atoms with Gasteiger partial charge in [-0.2, -0.15) is 0 Å². The van der Waals surface area contributed by atoms with E-state index in [1.54, 1.807) is 0 Å². The highest BCUT2D eigenvalue weighted by Gasteiger charge is 2.20. The predicted octanol–water partition coefficient (Wildman–Crippen LogP) is 20.2. The van der Waals surface area contributed by atoms with E-state index in [1.165, 1.54) is 107 Å². The average molecular weight is 893 g/mol. The van der Waals surface area contributed by atoms with Gasteiger partial charge in [-0.3, -0.25) is 0 Å². The van der Waals surface area contributed by atoms with Crippen LogP contribution in [-0.2, 0) is 0 Å². The molecular formula is C62H56N2S2. The zero-order chi connectivity index (χ0) is 45.4. The summed E-state index contributed by atoms with van der Waals surface area (Å²) < 4.78 is 5.46. The van der Waals surface area contributed by atoms with Gasteiger partial charge in [-0.15, -0.1) is 22.7 Å². The van der Waals surface area contributed by atoms with Gasteiger partial charge in [0.05, 0.1) is 9.40 Å². The summed E-state index contributed by atoms with van der Waals surface area (Å²) in [5.41, 5.74) is 12.4. The van der Waals surface area contributed by atoms with E-state index in [2.05, 4.69) is 235 Å². The zero-order valence-electron chi connectivity index (χ0n) is 39.2. The van der Waals surface area contributed by atoms with Crippen molar-refractivity contribution in [3.05, 3.63) is 192 Å². The zero-order valence-corrected chi connectivity index (χ0v) is 40.8. The van der Waals surface area contributed by atoms with Gasteiger partial charge < -0.3 is 9.80 Å². The van der Waals surface area contributed by atoms with E-state index in [0.29, 0.717) is 23.7 Å². The van der Waals surface area contributed by atoms with Crippen LogP contribution in [0.2, 0.25) is 0 Å². The van der Waals surface area contributed by atoms with E-state index in [4.69, 9.17) is 0 Å². The van der Waals surface area contributed by atoms with Crippen molar-refractivity contribution in [2.45, 2.75) is 79.1 Å². The Bertz CT molecular complexity index is 3230. The molecule has 0 radical (unpaired) electrons. The summed E-state index contributed by atoms with van der Waals surface area (Å²) in [6.07, 6.45) is 0. The molecule has 66 heavy (non-hydrogen) atoms. The first-order valence-electron chi connectivity index (χ1n) is 23.7. The van der Waals surface area contributed by atoms with Gasteiger partial charge in [0.25, 0.3) is 0 Å². The lowest BCUT2D eigenvalue weighted by molar-refractivity contribution is 0.866. The maximum absolute atomic E-state index is 2.41. The van der Waals surface area contributed by atoms with Crippen LogP contribution in [0.3, 0.4) is 0 Å². The van der Waals surface area contributed by atoms with Crippen LogP contribution in [0.5, 0.6) is 0 Å². The van der Waals surface area contributed by atoms with Crippen LogP contribution in [-0.4, -0.2) is 0 Å². The molecule has 326 valence electrons. The Hall–Kier alpha value is -6.46. The summed E-state index contributed by atoms with van der Waals surface area (Å²) >= 11 is 3.91. The molecule has 0 unspecified atom stereocenters. The number of thiophene rings is 2. The molecule has 2 aromatic heterocycles. The Morgan fingerprint density at radius 1 is 0.258 bits per heavy atom. The topological polar surface area (TPSA) is 6.48 Å². The summed E-state index contributed by atoms with van der Waals surface area (Å²) in [5, 5.41) is 10.5. The second-order valence-electron chi connectivity index (χ2n) is 19.4. The van der Waals surface area contributed by atoms with Gasteiger partial charge in [-0.1, -0.05) is 152 Å². The number of benzene rings is 9. The number of anilines is 6. The number of fused-ring (bicyclic) bond motifs is 11. The van der Waals surface area contributed by atoms with Gasteiger partial charge in [0.2, 0.25) is 0 Å². The van der Waals surface area contributed by atoms with Crippen LogP contribution in [0, 0.1) is 0 Å². The van der Waals surface area contributed by atoms with Crippen LogP contribution in [0.4, 0.5) is 34.1 Å². The summed E-state index contributed by atoms with van der Waals surface area (Å²) in [7, 11) is 0. The Morgan fingerprint density at radius 3 is 0.788 bits per heavy atom. The Morgan fingerprint density at radius 2 is 0.500 bits per heavy atom. The average Bonchev–Trinajstić information content (AvgIpc) is 3.92. The highest BCUT2D eigenvalue weighted by Crippen LogP contribution is 2.49. The van der Waals surface area contributed by atoms with Crippen molar-refractivity contribution >= 4 is 119 Å². The number of hydrogen-bond acceptors (Lipinski definition) is 4. The van der Waals surface area contributed by atoms with Crippen molar-refractivity contribution in [1.29, 1.82) is 0 Å². The van der Waals surface area contributed by atoms with Gasteiger partial charge in [0.1, 0.15) is 0 Å². The second kappa shape index (κ2) is 16.8. The second-order valence-corrected chi connectivity index (χ2v) is 21.4. The molecule has 4 heteroatoms. The molecule has 2 heterocycles. The minimum Gasteiger partial charge on any atom is -0.310 e.